The van der Waals surface area contributed by atoms with Gasteiger partial charge in [0.1, 0.15) is 23.5 Å². The minimum Gasteiger partial charge on any atom is -0.507 e. The lowest BCUT2D eigenvalue weighted by Crippen LogP contribution is -1.82. The molecule has 0 saturated carbocycles. The summed E-state index contributed by atoms with van der Waals surface area (Å²) in [5, 5.41) is 26.0. The van der Waals surface area contributed by atoms with Crippen LogP contribution in [0.5, 0.6) is 5.75 Å². The van der Waals surface area contributed by atoms with Gasteiger partial charge in [-0.3, -0.25) is 0 Å². The standard InChI is InChI=1S/C8H4N2O/c9-4-6-2-1-3-8(11)7(6)5-10/h1-3,11H. The number of benzene rings is 1. The van der Waals surface area contributed by atoms with E-state index in [1.807, 2.05) is 0 Å². The van der Waals surface area contributed by atoms with Crippen LogP contribution in [-0.2, 0) is 0 Å². The van der Waals surface area contributed by atoms with Crippen LogP contribution in [0.15, 0.2) is 18.2 Å². The predicted molar refractivity (Wildman–Crippen MR) is 37.5 cm³/mol. The number of phenols is 1. The van der Waals surface area contributed by atoms with Crippen LogP contribution in [0.2, 0.25) is 0 Å². The summed E-state index contributed by atoms with van der Waals surface area (Å²) >= 11 is 0. The first-order valence-corrected chi connectivity index (χ1v) is 2.91. The Kier molecular flexibility index (Phi) is 1.76. The third-order valence-electron chi connectivity index (χ3n) is 1.27. The lowest BCUT2D eigenvalue weighted by Gasteiger charge is -1.94. The van der Waals surface area contributed by atoms with Crippen LogP contribution in [-0.4, -0.2) is 5.11 Å². The molecule has 0 heterocycles. The van der Waals surface area contributed by atoms with E-state index < -0.39 is 0 Å². The second kappa shape index (κ2) is 2.72. The molecular weight excluding hydrogens is 140 g/mol. The maximum atomic E-state index is 9.05. The molecule has 0 spiro atoms. The molecule has 0 unspecified atom stereocenters. The van der Waals surface area contributed by atoms with Crippen molar-refractivity contribution in [3.8, 4) is 17.9 Å². The Morgan fingerprint density at radius 3 is 2.36 bits per heavy atom. The number of phenolic OH excluding ortho intramolecular Hbond substituents is 1. The second-order valence-electron chi connectivity index (χ2n) is 1.92. The third-order valence-corrected chi connectivity index (χ3v) is 1.27. The summed E-state index contributed by atoms with van der Waals surface area (Å²) in [6.07, 6.45) is 0. The van der Waals surface area contributed by atoms with Crippen LogP contribution in [0.25, 0.3) is 0 Å². The fourth-order valence-corrected chi connectivity index (χ4v) is 0.751. The number of hydrogen-bond donors (Lipinski definition) is 1. The summed E-state index contributed by atoms with van der Waals surface area (Å²) < 4.78 is 0. The van der Waals surface area contributed by atoms with Crippen LogP contribution in [0.3, 0.4) is 0 Å². The summed E-state index contributed by atoms with van der Waals surface area (Å²) in [5.41, 5.74) is 0.238. The largest absolute Gasteiger partial charge is 0.507 e. The summed E-state index contributed by atoms with van der Waals surface area (Å²) in [7, 11) is 0. The molecule has 52 valence electrons. The van der Waals surface area contributed by atoms with Crippen molar-refractivity contribution < 1.29 is 5.11 Å². The molecule has 1 N–H and O–H groups in total. The number of nitriles is 2. The molecule has 0 amide bonds. The minimum absolute atomic E-state index is 0.0370. The van der Waals surface area contributed by atoms with Gasteiger partial charge in [-0.05, 0) is 12.1 Å². The molecule has 11 heavy (non-hydrogen) atoms. The SMILES string of the molecule is N#Cc1cccc(O)c1C#N. The van der Waals surface area contributed by atoms with E-state index in [-0.39, 0.29) is 16.9 Å². The van der Waals surface area contributed by atoms with E-state index in [0.29, 0.717) is 0 Å². The zero-order valence-electron chi connectivity index (χ0n) is 5.57. The maximum absolute atomic E-state index is 9.05. The van der Waals surface area contributed by atoms with E-state index in [1.165, 1.54) is 18.2 Å². The van der Waals surface area contributed by atoms with E-state index in [2.05, 4.69) is 0 Å². The molecule has 0 fully saturated rings. The van der Waals surface area contributed by atoms with Gasteiger partial charge in [0.05, 0.1) is 5.56 Å². The van der Waals surface area contributed by atoms with Gasteiger partial charge in [-0.15, -0.1) is 0 Å². The highest BCUT2D eigenvalue weighted by Gasteiger charge is 2.04. The Hall–Kier alpha value is -2.00. The van der Waals surface area contributed by atoms with Crippen molar-refractivity contribution in [1.82, 2.24) is 0 Å². The Labute approximate surface area is 63.7 Å². The number of hydrogen-bond acceptors (Lipinski definition) is 3. The van der Waals surface area contributed by atoms with E-state index >= 15 is 0 Å². The second-order valence-corrected chi connectivity index (χ2v) is 1.92. The first kappa shape index (κ1) is 7.11. The lowest BCUT2D eigenvalue weighted by atomic mass is 10.1. The van der Waals surface area contributed by atoms with Gasteiger partial charge in [0.15, 0.2) is 0 Å². The van der Waals surface area contributed by atoms with Gasteiger partial charge in [-0.1, -0.05) is 6.07 Å². The zero-order valence-corrected chi connectivity index (χ0v) is 5.57. The van der Waals surface area contributed by atoms with Crippen molar-refractivity contribution in [3.63, 3.8) is 0 Å². The smallest absolute Gasteiger partial charge is 0.134 e. The molecule has 0 radical (unpaired) electrons. The maximum Gasteiger partial charge on any atom is 0.134 e. The van der Waals surface area contributed by atoms with Gasteiger partial charge >= 0.3 is 0 Å². The quantitative estimate of drug-likeness (QED) is 0.593. The summed E-state index contributed by atoms with van der Waals surface area (Å²) in [5.74, 6) is -0.147. The van der Waals surface area contributed by atoms with Crippen molar-refractivity contribution in [1.29, 1.82) is 10.5 Å². The molecular formula is C8H4N2O. The monoisotopic (exact) mass is 144 g/mol. The third kappa shape index (κ3) is 1.12. The zero-order chi connectivity index (χ0) is 8.27. The molecule has 0 atom stereocenters. The molecule has 1 aromatic carbocycles. The molecule has 1 aromatic rings. The summed E-state index contributed by atoms with van der Waals surface area (Å²) in [4.78, 5) is 0. The fraction of sp³-hybridized carbons (Fsp3) is 0. The van der Waals surface area contributed by atoms with E-state index in [4.69, 9.17) is 15.6 Å². The molecule has 0 saturated heterocycles. The van der Waals surface area contributed by atoms with Crippen LogP contribution < -0.4 is 0 Å². The molecule has 0 bridgehead atoms. The lowest BCUT2D eigenvalue weighted by molar-refractivity contribution is 0.473. The Bertz CT molecular complexity index is 357. The molecule has 3 nitrogen and oxygen atoms in total. The van der Waals surface area contributed by atoms with Crippen molar-refractivity contribution in [2.45, 2.75) is 0 Å². The van der Waals surface area contributed by atoms with Gasteiger partial charge in [-0.25, -0.2) is 0 Å². The van der Waals surface area contributed by atoms with Crippen molar-refractivity contribution in [3.05, 3.63) is 29.3 Å². The Morgan fingerprint density at radius 1 is 1.18 bits per heavy atom. The first-order chi connectivity index (χ1) is 5.29. The van der Waals surface area contributed by atoms with Gasteiger partial charge < -0.3 is 5.11 Å². The molecule has 0 aromatic heterocycles. The Balaban J connectivity index is 3.42. The Morgan fingerprint density at radius 2 is 1.91 bits per heavy atom. The van der Waals surface area contributed by atoms with Gasteiger partial charge in [-0.2, -0.15) is 10.5 Å². The van der Waals surface area contributed by atoms with Crippen LogP contribution in [0.4, 0.5) is 0 Å². The molecule has 0 aliphatic rings. The predicted octanol–water partition coefficient (Wildman–Crippen LogP) is 1.14. The van der Waals surface area contributed by atoms with E-state index in [0.717, 1.165) is 0 Å². The van der Waals surface area contributed by atoms with Crippen molar-refractivity contribution in [2.75, 3.05) is 0 Å². The van der Waals surface area contributed by atoms with Gasteiger partial charge in [0, 0.05) is 0 Å². The minimum atomic E-state index is -0.147. The van der Waals surface area contributed by atoms with E-state index in [1.54, 1.807) is 12.1 Å². The fourth-order valence-electron chi connectivity index (χ4n) is 0.751. The molecule has 1 rings (SSSR count). The molecule has 0 aliphatic heterocycles. The normalized spacial score (nSPS) is 8.18. The molecule has 3 heteroatoms. The highest BCUT2D eigenvalue weighted by Crippen LogP contribution is 2.18. The highest BCUT2D eigenvalue weighted by atomic mass is 16.3. The number of rotatable bonds is 0. The van der Waals surface area contributed by atoms with Crippen LogP contribution in [0.1, 0.15) is 11.1 Å². The topological polar surface area (TPSA) is 67.8 Å². The average Bonchev–Trinajstić information content (AvgIpc) is 2.04. The van der Waals surface area contributed by atoms with Crippen LogP contribution >= 0.6 is 0 Å². The summed E-state index contributed by atoms with van der Waals surface area (Å²) in [6.45, 7) is 0. The van der Waals surface area contributed by atoms with Crippen LogP contribution in [0, 0.1) is 22.7 Å². The van der Waals surface area contributed by atoms with Gasteiger partial charge in [0.2, 0.25) is 0 Å². The average molecular weight is 144 g/mol. The first-order valence-electron chi connectivity index (χ1n) is 2.91. The van der Waals surface area contributed by atoms with E-state index in [9.17, 15) is 0 Å². The highest BCUT2D eigenvalue weighted by molar-refractivity contribution is 5.52. The number of aromatic hydroxyl groups is 1. The van der Waals surface area contributed by atoms with Crippen molar-refractivity contribution in [2.24, 2.45) is 0 Å². The van der Waals surface area contributed by atoms with Gasteiger partial charge in [0.25, 0.3) is 0 Å². The van der Waals surface area contributed by atoms with Crippen molar-refractivity contribution >= 4 is 0 Å². The molecule has 0 aliphatic carbocycles. The summed E-state index contributed by atoms with van der Waals surface area (Å²) in [6, 6.07) is 7.93. The number of nitrogens with zero attached hydrogens (tertiary/aromatic N) is 2.